The number of benzene rings is 2. The van der Waals surface area contributed by atoms with Crippen molar-refractivity contribution in [3.05, 3.63) is 64.7 Å². The van der Waals surface area contributed by atoms with E-state index in [4.69, 9.17) is 4.74 Å². The first-order valence-electron chi connectivity index (χ1n) is 7.14. The van der Waals surface area contributed by atoms with Gasteiger partial charge < -0.3 is 10.1 Å². The minimum Gasteiger partial charge on any atom is -0.465 e. The minimum atomic E-state index is -0.314. The Morgan fingerprint density at radius 2 is 1.76 bits per heavy atom. The Bertz CT molecular complexity index is 618. The summed E-state index contributed by atoms with van der Waals surface area (Å²) in [5.41, 5.74) is 5.18. The normalized spacial score (nSPS) is 10.2. The highest BCUT2D eigenvalue weighted by Gasteiger charge is 2.07. The summed E-state index contributed by atoms with van der Waals surface area (Å²) in [6.07, 6.45) is 1.05. The molecule has 0 saturated heterocycles. The zero-order chi connectivity index (χ0) is 15.2. The number of aryl methyl sites for hydroxylation is 2. The Kier molecular flexibility index (Phi) is 4.99. The predicted octanol–water partition coefficient (Wildman–Crippen LogP) is 3.96. The van der Waals surface area contributed by atoms with Crippen molar-refractivity contribution < 1.29 is 9.53 Å². The van der Waals surface area contributed by atoms with E-state index in [0.717, 1.165) is 24.2 Å². The van der Waals surface area contributed by atoms with E-state index in [1.807, 2.05) is 19.1 Å². The summed E-state index contributed by atoms with van der Waals surface area (Å²) < 4.78 is 4.75. The number of hydrogen-bond acceptors (Lipinski definition) is 3. The maximum Gasteiger partial charge on any atom is 0.337 e. The molecule has 0 aliphatic rings. The van der Waals surface area contributed by atoms with Crippen LogP contribution < -0.4 is 5.32 Å². The van der Waals surface area contributed by atoms with Gasteiger partial charge in [0.1, 0.15) is 0 Å². The number of methoxy groups -OCH3 is 1. The van der Waals surface area contributed by atoms with Crippen LogP contribution in [0.2, 0.25) is 0 Å². The predicted molar refractivity (Wildman–Crippen MR) is 85.7 cm³/mol. The van der Waals surface area contributed by atoms with Gasteiger partial charge in [-0.05, 0) is 42.2 Å². The SMILES string of the molecule is CCc1ccc(CNc2cc(C(=O)OC)ccc2C)cc1. The van der Waals surface area contributed by atoms with Crippen molar-refractivity contribution in [2.75, 3.05) is 12.4 Å². The number of carbonyl (C=O) groups excluding carboxylic acids is 1. The Labute approximate surface area is 126 Å². The third-order valence-electron chi connectivity index (χ3n) is 3.57. The van der Waals surface area contributed by atoms with Gasteiger partial charge in [-0.25, -0.2) is 4.79 Å². The van der Waals surface area contributed by atoms with E-state index in [0.29, 0.717) is 5.56 Å². The summed E-state index contributed by atoms with van der Waals surface area (Å²) in [7, 11) is 1.39. The Morgan fingerprint density at radius 1 is 1.10 bits per heavy atom. The Hall–Kier alpha value is -2.29. The zero-order valence-electron chi connectivity index (χ0n) is 12.8. The molecule has 2 aromatic rings. The number of esters is 1. The molecule has 0 heterocycles. The molecule has 2 rings (SSSR count). The fraction of sp³-hybridized carbons (Fsp3) is 0.278. The lowest BCUT2D eigenvalue weighted by Gasteiger charge is -2.11. The largest absolute Gasteiger partial charge is 0.465 e. The van der Waals surface area contributed by atoms with Gasteiger partial charge in [0.15, 0.2) is 0 Å². The van der Waals surface area contributed by atoms with Crippen molar-refractivity contribution in [3.8, 4) is 0 Å². The summed E-state index contributed by atoms with van der Waals surface area (Å²) in [5.74, 6) is -0.314. The summed E-state index contributed by atoms with van der Waals surface area (Å²) in [4.78, 5) is 11.6. The lowest BCUT2D eigenvalue weighted by molar-refractivity contribution is 0.0601. The van der Waals surface area contributed by atoms with Gasteiger partial charge in [-0.1, -0.05) is 37.3 Å². The van der Waals surface area contributed by atoms with Crippen LogP contribution in [0.5, 0.6) is 0 Å². The standard InChI is InChI=1S/C18H21NO2/c1-4-14-6-8-15(9-7-14)12-19-17-11-16(18(20)21-3)10-5-13(17)2/h5-11,19H,4,12H2,1-3H3. The molecular formula is C18H21NO2. The van der Waals surface area contributed by atoms with Crippen LogP contribution in [0.25, 0.3) is 0 Å². The van der Waals surface area contributed by atoms with Gasteiger partial charge in [-0.15, -0.1) is 0 Å². The average Bonchev–Trinajstić information content (AvgIpc) is 2.53. The molecule has 0 bridgehead atoms. The van der Waals surface area contributed by atoms with Crippen molar-refractivity contribution in [2.24, 2.45) is 0 Å². The molecule has 0 fully saturated rings. The highest BCUT2D eigenvalue weighted by Crippen LogP contribution is 2.18. The second-order valence-electron chi connectivity index (χ2n) is 5.04. The second kappa shape index (κ2) is 6.93. The van der Waals surface area contributed by atoms with Crippen molar-refractivity contribution in [2.45, 2.75) is 26.8 Å². The van der Waals surface area contributed by atoms with Crippen molar-refractivity contribution in [1.29, 1.82) is 0 Å². The van der Waals surface area contributed by atoms with Gasteiger partial charge in [-0.2, -0.15) is 0 Å². The molecule has 110 valence electrons. The van der Waals surface area contributed by atoms with E-state index in [1.54, 1.807) is 6.07 Å². The van der Waals surface area contributed by atoms with E-state index in [9.17, 15) is 4.79 Å². The van der Waals surface area contributed by atoms with Crippen LogP contribution in [0.4, 0.5) is 5.69 Å². The molecule has 3 nitrogen and oxygen atoms in total. The third kappa shape index (κ3) is 3.85. The summed E-state index contributed by atoms with van der Waals surface area (Å²) in [5, 5.41) is 3.38. The molecule has 3 heteroatoms. The van der Waals surface area contributed by atoms with Crippen LogP contribution in [-0.4, -0.2) is 13.1 Å². The molecular weight excluding hydrogens is 262 g/mol. The van der Waals surface area contributed by atoms with Crippen LogP contribution in [0.1, 0.15) is 34.0 Å². The molecule has 2 aromatic carbocycles. The van der Waals surface area contributed by atoms with Gasteiger partial charge in [-0.3, -0.25) is 0 Å². The lowest BCUT2D eigenvalue weighted by atomic mass is 10.1. The molecule has 0 amide bonds. The molecule has 0 aliphatic carbocycles. The van der Waals surface area contributed by atoms with Crippen LogP contribution in [0, 0.1) is 6.92 Å². The van der Waals surface area contributed by atoms with Crippen LogP contribution in [-0.2, 0) is 17.7 Å². The van der Waals surface area contributed by atoms with Crippen molar-refractivity contribution >= 4 is 11.7 Å². The Balaban J connectivity index is 2.09. The number of anilines is 1. The maximum atomic E-state index is 11.6. The molecule has 0 spiro atoms. The summed E-state index contributed by atoms with van der Waals surface area (Å²) >= 11 is 0. The van der Waals surface area contributed by atoms with Crippen LogP contribution in [0.15, 0.2) is 42.5 Å². The Morgan fingerprint density at radius 3 is 2.38 bits per heavy atom. The van der Waals surface area contributed by atoms with E-state index in [2.05, 4.69) is 36.5 Å². The third-order valence-corrected chi connectivity index (χ3v) is 3.57. The molecule has 0 aliphatic heterocycles. The summed E-state index contributed by atoms with van der Waals surface area (Å²) in [6, 6.07) is 14.1. The quantitative estimate of drug-likeness (QED) is 0.844. The zero-order valence-corrected chi connectivity index (χ0v) is 12.8. The number of carbonyl (C=O) groups is 1. The molecule has 1 N–H and O–H groups in total. The van der Waals surface area contributed by atoms with E-state index in [1.165, 1.54) is 18.2 Å². The first-order valence-corrected chi connectivity index (χ1v) is 7.14. The monoisotopic (exact) mass is 283 g/mol. The van der Waals surface area contributed by atoms with Gasteiger partial charge in [0.25, 0.3) is 0 Å². The fourth-order valence-corrected chi connectivity index (χ4v) is 2.15. The number of nitrogens with one attached hydrogen (secondary N) is 1. The minimum absolute atomic E-state index is 0.314. The second-order valence-corrected chi connectivity index (χ2v) is 5.04. The fourth-order valence-electron chi connectivity index (χ4n) is 2.15. The molecule has 21 heavy (non-hydrogen) atoms. The van der Waals surface area contributed by atoms with Crippen LogP contribution in [0.3, 0.4) is 0 Å². The molecule has 0 aromatic heterocycles. The maximum absolute atomic E-state index is 11.6. The highest BCUT2D eigenvalue weighted by molar-refractivity contribution is 5.90. The number of ether oxygens (including phenoxy) is 1. The van der Waals surface area contributed by atoms with E-state index < -0.39 is 0 Å². The van der Waals surface area contributed by atoms with Crippen molar-refractivity contribution in [3.63, 3.8) is 0 Å². The molecule has 0 saturated carbocycles. The first kappa shape index (κ1) is 15.1. The summed E-state index contributed by atoms with van der Waals surface area (Å²) in [6.45, 7) is 4.90. The van der Waals surface area contributed by atoms with E-state index >= 15 is 0 Å². The van der Waals surface area contributed by atoms with Gasteiger partial charge in [0.05, 0.1) is 12.7 Å². The topological polar surface area (TPSA) is 38.3 Å². The van der Waals surface area contributed by atoms with Gasteiger partial charge >= 0.3 is 5.97 Å². The average molecular weight is 283 g/mol. The number of hydrogen-bond donors (Lipinski definition) is 1. The molecule has 0 atom stereocenters. The number of rotatable bonds is 5. The molecule has 0 radical (unpaired) electrons. The van der Waals surface area contributed by atoms with Crippen LogP contribution >= 0.6 is 0 Å². The molecule has 0 unspecified atom stereocenters. The lowest BCUT2D eigenvalue weighted by Crippen LogP contribution is -2.05. The highest BCUT2D eigenvalue weighted by atomic mass is 16.5. The van der Waals surface area contributed by atoms with Gasteiger partial charge in [0, 0.05) is 12.2 Å². The van der Waals surface area contributed by atoms with E-state index in [-0.39, 0.29) is 5.97 Å². The van der Waals surface area contributed by atoms with Gasteiger partial charge in [0.2, 0.25) is 0 Å². The first-order chi connectivity index (χ1) is 10.1. The smallest absolute Gasteiger partial charge is 0.337 e. The van der Waals surface area contributed by atoms with Crippen molar-refractivity contribution in [1.82, 2.24) is 0 Å².